The lowest BCUT2D eigenvalue weighted by Crippen LogP contribution is -2.46. The highest BCUT2D eigenvalue weighted by Crippen LogP contribution is 2.35. The lowest BCUT2D eigenvalue weighted by atomic mass is 9.79. The summed E-state index contributed by atoms with van der Waals surface area (Å²) in [4.78, 5) is 12.3. The first-order chi connectivity index (χ1) is 11.8. The summed E-state index contributed by atoms with van der Waals surface area (Å²) in [5.74, 6) is -0.498. The molecule has 140 valence electrons. The van der Waals surface area contributed by atoms with Gasteiger partial charge < -0.3 is 10.1 Å². The van der Waals surface area contributed by atoms with Crippen LogP contribution in [0.15, 0.2) is 22.7 Å². The number of nitrogens with one attached hydrogen (secondary N) is 1. The van der Waals surface area contributed by atoms with Crippen LogP contribution in [0.1, 0.15) is 53.0 Å². The van der Waals surface area contributed by atoms with Crippen molar-refractivity contribution in [1.29, 1.82) is 10.5 Å². The molecule has 7 heteroatoms. The van der Waals surface area contributed by atoms with Crippen LogP contribution in [0.2, 0.25) is 0 Å². The lowest BCUT2D eigenvalue weighted by molar-refractivity contribution is 0.0449. The second kappa shape index (κ2) is 8.05. The average Bonchev–Trinajstić information content (AvgIpc) is 2.53. The van der Waals surface area contributed by atoms with Gasteiger partial charge in [0.15, 0.2) is 0 Å². The highest BCUT2D eigenvalue weighted by Gasteiger charge is 2.36. The molecule has 1 unspecified atom stereocenters. The molecule has 0 radical (unpaired) electrons. The molecule has 5 nitrogen and oxygen atoms in total. The quantitative estimate of drug-likeness (QED) is 0.707. The number of nitriles is 2. The van der Waals surface area contributed by atoms with E-state index < -0.39 is 28.5 Å². The molecular formula is C19H23BrFN3O2. The number of benzene rings is 1. The summed E-state index contributed by atoms with van der Waals surface area (Å²) >= 11 is 3.31. The molecule has 0 aromatic heterocycles. The summed E-state index contributed by atoms with van der Waals surface area (Å²) in [6, 6.07) is 8.35. The van der Waals surface area contributed by atoms with Crippen molar-refractivity contribution in [3.8, 4) is 12.1 Å². The van der Waals surface area contributed by atoms with E-state index in [1.165, 1.54) is 13.0 Å². The second-order valence-electron chi connectivity index (χ2n) is 7.64. The number of carbonyl (C=O) groups is 1. The fourth-order valence-corrected chi connectivity index (χ4v) is 2.71. The molecule has 0 aliphatic heterocycles. The summed E-state index contributed by atoms with van der Waals surface area (Å²) in [7, 11) is 0. The van der Waals surface area contributed by atoms with Crippen LogP contribution in [-0.2, 0) is 10.3 Å². The van der Waals surface area contributed by atoms with Gasteiger partial charge in [-0.3, -0.25) is 0 Å². The fourth-order valence-electron chi connectivity index (χ4n) is 2.35. The van der Waals surface area contributed by atoms with Gasteiger partial charge in [-0.2, -0.15) is 10.5 Å². The Balaban J connectivity index is 3.24. The second-order valence-corrected chi connectivity index (χ2v) is 8.55. The summed E-state index contributed by atoms with van der Waals surface area (Å²) < 4.78 is 20.4. The lowest BCUT2D eigenvalue weighted by Gasteiger charge is -2.34. The van der Waals surface area contributed by atoms with Gasteiger partial charge in [0.1, 0.15) is 16.8 Å². The first kappa shape index (κ1) is 21.9. The number of hydrogen-bond donors (Lipinski definition) is 1. The van der Waals surface area contributed by atoms with E-state index in [9.17, 15) is 19.7 Å². The van der Waals surface area contributed by atoms with E-state index >= 15 is 0 Å². The Morgan fingerprint density at radius 2 is 1.77 bits per heavy atom. The van der Waals surface area contributed by atoms with Gasteiger partial charge in [-0.25, -0.2) is 9.18 Å². The van der Waals surface area contributed by atoms with Crippen LogP contribution >= 0.6 is 15.9 Å². The highest BCUT2D eigenvalue weighted by atomic mass is 79.9. The van der Waals surface area contributed by atoms with Crippen LogP contribution in [0.3, 0.4) is 0 Å². The van der Waals surface area contributed by atoms with Crippen molar-refractivity contribution in [2.45, 2.75) is 58.6 Å². The Morgan fingerprint density at radius 3 is 2.27 bits per heavy atom. The molecule has 0 spiro atoms. The van der Waals surface area contributed by atoms with Gasteiger partial charge >= 0.3 is 6.09 Å². The summed E-state index contributed by atoms with van der Waals surface area (Å²) in [6.07, 6.45) is -0.370. The third kappa shape index (κ3) is 6.00. The molecule has 0 saturated carbocycles. The van der Waals surface area contributed by atoms with Crippen molar-refractivity contribution in [1.82, 2.24) is 5.32 Å². The van der Waals surface area contributed by atoms with Gasteiger partial charge in [0, 0.05) is 10.0 Å². The minimum atomic E-state index is -1.24. The van der Waals surface area contributed by atoms with Crippen molar-refractivity contribution in [3.05, 3.63) is 34.1 Å². The molecule has 0 heterocycles. The number of halogens is 2. The van der Waals surface area contributed by atoms with Gasteiger partial charge in [0.05, 0.1) is 17.7 Å². The highest BCUT2D eigenvalue weighted by molar-refractivity contribution is 9.10. The normalized spacial score (nSPS) is 13.9. The first-order valence-corrected chi connectivity index (χ1v) is 8.93. The fraction of sp³-hybridized carbons (Fsp3) is 0.526. The number of amides is 1. The van der Waals surface area contributed by atoms with Crippen LogP contribution in [0.4, 0.5) is 9.18 Å². The number of rotatable bonds is 5. The van der Waals surface area contributed by atoms with E-state index in [1.54, 1.807) is 39.8 Å². The van der Waals surface area contributed by atoms with E-state index in [2.05, 4.69) is 21.2 Å². The van der Waals surface area contributed by atoms with E-state index in [0.29, 0.717) is 4.47 Å². The first-order valence-electron chi connectivity index (χ1n) is 8.13. The number of hydrogen-bond acceptors (Lipinski definition) is 4. The predicted molar refractivity (Wildman–Crippen MR) is 99.4 cm³/mol. The Morgan fingerprint density at radius 1 is 1.19 bits per heavy atom. The smallest absolute Gasteiger partial charge is 0.408 e. The molecular weight excluding hydrogens is 401 g/mol. The molecule has 1 N–H and O–H groups in total. The maximum Gasteiger partial charge on any atom is 0.408 e. The Hall–Kier alpha value is -2.12. The van der Waals surface area contributed by atoms with E-state index in [0.717, 1.165) is 0 Å². The van der Waals surface area contributed by atoms with E-state index in [4.69, 9.17) is 4.74 Å². The maximum absolute atomic E-state index is 14.5. The monoisotopic (exact) mass is 423 g/mol. The molecule has 1 amide bonds. The minimum Gasteiger partial charge on any atom is -0.444 e. The zero-order valence-corrected chi connectivity index (χ0v) is 17.2. The van der Waals surface area contributed by atoms with E-state index in [1.807, 2.05) is 12.1 Å². The molecule has 0 saturated heterocycles. The molecule has 1 atom stereocenters. The largest absolute Gasteiger partial charge is 0.444 e. The predicted octanol–water partition coefficient (Wildman–Crippen LogP) is 5.16. The van der Waals surface area contributed by atoms with Gasteiger partial charge in [-0.1, -0.05) is 15.9 Å². The summed E-state index contributed by atoms with van der Waals surface area (Å²) in [6.45, 7) is 8.35. The van der Waals surface area contributed by atoms with Gasteiger partial charge in [0.25, 0.3) is 0 Å². The molecule has 1 aromatic rings. The van der Waals surface area contributed by atoms with Crippen LogP contribution in [-0.4, -0.2) is 11.7 Å². The van der Waals surface area contributed by atoms with Crippen molar-refractivity contribution in [2.75, 3.05) is 0 Å². The average molecular weight is 424 g/mol. The van der Waals surface area contributed by atoms with Gasteiger partial charge in [-0.15, -0.1) is 0 Å². The van der Waals surface area contributed by atoms with E-state index in [-0.39, 0.29) is 18.4 Å². The van der Waals surface area contributed by atoms with Crippen molar-refractivity contribution in [2.24, 2.45) is 5.41 Å². The third-order valence-corrected chi connectivity index (χ3v) is 4.41. The molecule has 1 rings (SSSR count). The zero-order chi connectivity index (χ0) is 20.2. The van der Waals surface area contributed by atoms with Crippen LogP contribution < -0.4 is 5.32 Å². The Kier molecular flexibility index (Phi) is 6.79. The summed E-state index contributed by atoms with van der Waals surface area (Å²) in [5, 5.41) is 21.2. The maximum atomic E-state index is 14.5. The SMILES string of the molecule is CC(C#N)(C#N)CCC(C)(NC(=O)OC(C)(C)C)c1cc(Br)ccc1F. The third-order valence-electron chi connectivity index (χ3n) is 3.92. The zero-order valence-electron chi connectivity index (χ0n) is 15.6. The van der Waals surface area contributed by atoms with Crippen molar-refractivity contribution in [3.63, 3.8) is 0 Å². The number of carbonyl (C=O) groups excluding carboxylic acids is 1. The standard InChI is InChI=1S/C19H23BrFN3O2/c1-17(2,3)26-16(25)24-19(5,9-8-18(4,11-22)12-23)14-10-13(20)6-7-15(14)21/h6-7,10H,8-9H2,1-5H3,(H,24,25). The molecule has 0 fully saturated rings. The molecule has 0 aliphatic carbocycles. The summed E-state index contributed by atoms with van der Waals surface area (Å²) in [5.41, 5.74) is -2.87. The van der Waals surface area contributed by atoms with Gasteiger partial charge in [0.2, 0.25) is 0 Å². The number of nitrogens with zero attached hydrogens (tertiary/aromatic N) is 2. The number of ether oxygens (including phenoxy) is 1. The minimum absolute atomic E-state index is 0.151. The van der Waals surface area contributed by atoms with Gasteiger partial charge in [-0.05, 0) is 65.7 Å². The van der Waals surface area contributed by atoms with Crippen LogP contribution in [0.5, 0.6) is 0 Å². The van der Waals surface area contributed by atoms with Crippen LogP contribution in [0, 0.1) is 33.9 Å². The van der Waals surface area contributed by atoms with Crippen molar-refractivity contribution >= 4 is 22.0 Å². The molecule has 26 heavy (non-hydrogen) atoms. The molecule has 1 aromatic carbocycles. The van der Waals surface area contributed by atoms with Crippen LogP contribution in [0.25, 0.3) is 0 Å². The number of alkyl carbamates (subject to hydrolysis) is 1. The molecule has 0 aliphatic rings. The topological polar surface area (TPSA) is 85.9 Å². The molecule has 0 bridgehead atoms. The Bertz CT molecular complexity index is 748. The Labute approximate surface area is 162 Å². The van der Waals surface area contributed by atoms with Crippen molar-refractivity contribution < 1.29 is 13.9 Å².